The maximum absolute atomic E-state index is 12.3. The van der Waals surface area contributed by atoms with E-state index in [0.717, 1.165) is 12.8 Å². The minimum absolute atomic E-state index is 0.0109. The molecule has 0 saturated carbocycles. The third-order valence-electron chi connectivity index (χ3n) is 4.36. The topological polar surface area (TPSA) is 82.3 Å². The van der Waals surface area contributed by atoms with Gasteiger partial charge in [0.05, 0.1) is 0 Å². The lowest BCUT2D eigenvalue weighted by Gasteiger charge is -2.38. The highest BCUT2D eigenvalue weighted by Gasteiger charge is 2.41. The Morgan fingerprint density at radius 2 is 2.00 bits per heavy atom. The molecule has 0 atom stereocenters. The quantitative estimate of drug-likeness (QED) is 0.763. The number of piperidine rings is 1. The molecule has 6 heteroatoms. The molecule has 2 N–H and O–H groups in total. The van der Waals surface area contributed by atoms with Crippen molar-refractivity contribution < 1.29 is 9.59 Å². The molecule has 6 nitrogen and oxygen atoms in total. The number of aromatic amines is 1. The molecule has 0 aromatic carbocycles. The number of pyridine rings is 1. The highest BCUT2D eigenvalue weighted by molar-refractivity contribution is 5.93. The molecule has 0 bridgehead atoms. The maximum atomic E-state index is 12.3. The van der Waals surface area contributed by atoms with E-state index >= 15 is 0 Å². The van der Waals surface area contributed by atoms with Crippen LogP contribution in [-0.4, -0.2) is 41.3 Å². The Labute approximate surface area is 116 Å². The molecule has 2 aliphatic heterocycles. The minimum Gasteiger partial charge on any atom is -0.356 e. The number of hydrogen-bond acceptors (Lipinski definition) is 3. The second kappa shape index (κ2) is 4.77. The summed E-state index contributed by atoms with van der Waals surface area (Å²) in [4.78, 5) is 39.5. The lowest BCUT2D eigenvalue weighted by molar-refractivity contribution is -0.119. The maximum Gasteiger partial charge on any atom is 0.260 e. The molecule has 2 amide bonds. The summed E-state index contributed by atoms with van der Waals surface area (Å²) >= 11 is 0. The highest BCUT2D eigenvalue weighted by atomic mass is 16.2. The van der Waals surface area contributed by atoms with Gasteiger partial charge in [0, 0.05) is 32.3 Å². The monoisotopic (exact) mass is 275 g/mol. The van der Waals surface area contributed by atoms with E-state index in [1.807, 2.05) is 0 Å². The first-order valence-electron chi connectivity index (χ1n) is 6.83. The van der Waals surface area contributed by atoms with Crippen LogP contribution in [0.25, 0.3) is 0 Å². The number of carbonyl (C=O) groups excluding carboxylic acids is 2. The molecule has 0 radical (unpaired) electrons. The molecule has 3 heterocycles. The highest BCUT2D eigenvalue weighted by Crippen LogP contribution is 2.37. The van der Waals surface area contributed by atoms with E-state index in [4.69, 9.17) is 0 Å². The molecule has 106 valence electrons. The number of H-pyrrole nitrogens is 1. The van der Waals surface area contributed by atoms with Crippen LogP contribution >= 0.6 is 0 Å². The lowest BCUT2D eigenvalue weighted by atomic mass is 9.77. The summed E-state index contributed by atoms with van der Waals surface area (Å²) in [7, 11) is 0. The summed E-state index contributed by atoms with van der Waals surface area (Å²) in [5, 5.41) is 2.87. The summed E-state index contributed by atoms with van der Waals surface area (Å²) in [5.41, 5.74) is -0.156. The van der Waals surface area contributed by atoms with Gasteiger partial charge in [-0.1, -0.05) is 0 Å². The molecule has 3 rings (SSSR count). The molecule has 2 aliphatic rings. The average molecular weight is 275 g/mol. The first-order chi connectivity index (χ1) is 9.60. The van der Waals surface area contributed by atoms with Gasteiger partial charge in [-0.2, -0.15) is 0 Å². The zero-order chi connectivity index (χ0) is 14.2. The van der Waals surface area contributed by atoms with Crippen LogP contribution < -0.4 is 10.9 Å². The van der Waals surface area contributed by atoms with E-state index in [1.54, 1.807) is 17.0 Å². The molecule has 1 spiro atoms. The lowest BCUT2D eigenvalue weighted by Crippen LogP contribution is -2.45. The molecule has 2 saturated heterocycles. The van der Waals surface area contributed by atoms with Crippen molar-refractivity contribution >= 4 is 11.8 Å². The standard InChI is InChI=1S/C14H17N3O3/c18-11-8-14(9-16-11)3-6-17(7-4-14)13(20)10-2-1-5-15-12(10)19/h1-2,5H,3-4,6-9H2,(H,15,19)(H,16,18). The van der Waals surface area contributed by atoms with Crippen molar-refractivity contribution in [3.63, 3.8) is 0 Å². The van der Waals surface area contributed by atoms with E-state index in [1.165, 1.54) is 6.20 Å². The van der Waals surface area contributed by atoms with E-state index in [0.29, 0.717) is 26.1 Å². The van der Waals surface area contributed by atoms with Gasteiger partial charge >= 0.3 is 0 Å². The molecule has 1 aromatic heterocycles. The molecule has 20 heavy (non-hydrogen) atoms. The van der Waals surface area contributed by atoms with Crippen LogP contribution in [0.3, 0.4) is 0 Å². The summed E-state index contributed by atoms with van der Waals surface area (Å²) in [5.74, 6) is -0.122. The summed E-state index contributed by atoms with van der Waals surface area (Å²) < 4.78 is 0. The van der Waals surface area contributed by atoms with Crippen molar-refractivity contribution in [2.45, 2.75) is 19.3 Å². The zero-order valence-electron chi connectivity index (χ0n) is 11.1. The molecule has 0 aliphatic carbocycles. The van der Waals surface area contributed by atoms with Crippen LogP contribution in [0.4, 0.5) is 0 Å². The molecule has 1 aromatic rings. The Balaban J connectivity index is 1.70. The Morgan fingerprint density at radius 1 is 1.25 bits per heavy atom. The molecule has 0 unspecified atom stereocenters. The van der Waals surface area contributed by atoms with Crippen LogP contribution in [0, 0.1) is 5.41 Å². The average Bonchev–Trinajstić information content (AvgIpc) is 2.81. The first kappa shape index (κ1) is 12.9. The minimum atomic E-state index is -0.351. The number of rotatable bonds is 1. The first-order valence-corrected chi connectivity index (χ1v) is 6.83. The Morgan fingerprint density at radius 3 is 2.60 bits per heavy atom. The van der Waals surface area contributed by atoms with Gasteiger partial charge in [0.1, 0.15) is 5.56 Å². The number of nitrogens with one attached hydrogen (secondary N) is 2. The Kier molecular flexibility index (Phi) is 3.08. The van der Waals surface area contributed by atoms with Crippen LogP contribution in [0.15, 0.2) is 23.1 Å². The number of amides is 2. The second-order valence-electron chi connectivity index (χ2n) is 5.66. The van der Waals surface area contributed by atoms with E-state index in [2.05, 4.69) is 10.3 Å². The largest absolute Gasteiger partial charge is 0.356 e. The predicted molar refractivity (Wildman–Crippen MR) is 72.3 cm³/mol. The van der Waals surface area contributed by atoms with Crippen molar-refractivity contribution in [1.82, 2.24) is 15.2 Å². The van der Waals surface area contributed by atoms with Crippen molar-refractivity contribution in [2.75, 3.05) is 19.6 Å². The van der Waals surface area contributed by atoms with Crippen molar-refractivity contribution in [1.29, 1.82) is 0 Å². The van der Waals surface area contributed by atoms with E-state index in [-0.39, 0.29) is 28.4 Å². The SMILES string of the molecule is O=C1CC2(CCN(C(=O)c3ccc[nH]c3=O)CC2)CN1. The van der Waals surface area contributed by atoms with Crippen LogP contribution in [-0.2, 0) is 4.79 Å². The molecule has 2 fully saturated rings. The number of nitrogens with zero attached hydrogens (tertiary/aromatic N) is 1. The summed E-state index contributed by atoms with van der Waals surface area (Å²) in [6.07, 6.45) is 3.69. The number of carbonyl (C=O) groups is 2. The van der Waals surface area contributed by atoms with Crippen molar-refractivity contribution in [3.05, 3.63) is 34.2 Å². The number of aromatic nitrogens is 1. The third-order valence-corrected chi connectivity index (χ3v) is 4.36. The van der Waals surface area contributed by atoms with E-state index < -0.39 is 0 Å². The molecular weight excluding hydrogens is 258 g/mol. The predicted octanol–water partition coefficient (Wildman–Crippen LogP) is 0.117. The van der Waals surface area contributed by atoms with Crippen molar-refractivity contribution in [2.24, 2.45) is 5.41 Å². The number of likely N-dealkylation sites (tertiary alicyclic amines) is 1. The smallest absolute Gasteiger partial charge is 0.260 e. The number of hydrogen-bond donors (Lipinski definition) is 2. The van der Waals surface area contributed by atoms with E-state index in [9.17, 15) is 14.4 Å². The van der Waals surface area contributed by atoms with Gasteiger partial charge in [-0.15, -0.1) is 0 Å². The Bertz CT molecular complexity index is 600. The third kappa shape index (κ3) is 2.21. The van der Waals surface area contributed by atoms with Gasteiger partial charge < -0.3 is 15.2 Å². The fourth-order valence-corrected chi connectivity index (χ4v) is 3.05. The normalized spacial score (nSPS) is 21.0. The van der Waals surface area contributed by atoms with Crippen molar-refractivity contribution in [3.8, 4) is 0 Å². The van der Waals surface area contributed by atoms with Gasteiger partial charge in [-0.05, 0) is 30.4 Å². The van der Waals surface area contributed by atoms with Crippen LogP contribution in [0.1, 0.15) is 29.6 Å². The second-order valence-corrected chi connectivity index (χ2v) is 5.66. The fraction of sp³-hybridized carbons (Fsp3) is 0.500. The van der Waals surface area contributed by atoms with Gasteiger partial charge in [-0.3, -0.25) is 14.4 Å². The van der Waals surface area contributed by atoms with Crippen LogP contribution in [0.2, 0.25) is 0 Å². The van der Waals surface area contributed by atoms with Gasteiger partial charge in [0.25, 0.3) is 11.5 Å². The van der Waals surface area contributed by atoms with Gasteiger partial charge in [-0.25, -0.2) is 0 Å². The summed E-state index contributed by atoms with van der Waals surface area (Å²) in [6.45, 7) is 1.91. The summed E-state index contributed by atoms with van der Waals surface area (Å²) in [6, 6.07) is 3.20. The molecular formula is C14H17N3O3. The van der Waals surface area contributed by atoms with Crippen LogP contribution in [0.5, 0.6) is 0 Å². The fourth-order valence-electron chi connectivity index (χ4n) is 3.05. The Hall–Kier alpha value is -2.11. The zero-order valence-corrected chi connectivity index (χ0v) is 11.1. The van der Waals surface area contributed by atoms with Gasteiger partial charge in [0.2, 0.25) is 5.91 Å². The van der Waals surface area contributed by atoms with Gasteiger partial charge in [0.15, 0.2) is 0 Å².